The van der Waals surface area contributed by atoms with Crippen LogP contribution < -0.4 is 9.47 Å². The Morgan fingerprint density at radius 3 is 2.52 bits per heavy atom. The Morgan fingerprint density at radius 2 is 1.90 bits per heavy atom. The van der Waals surface area contributed by atoms with Crippen LogP contribution in [-0.4, -0.2) is 32.7 Å². The first kappa shape index (κ1) is 15.8. The van der Waals surface area contributed by atoms with Crippen molar-refractivity contribution < 1.29 is 19.0 Å². The molecule has 0 aliphatic heterocycles. The number of ketones is 1. The fraction of sp³-hybridized carbons (Fsp3) is 0.588. The normalized spacial score (nSPS) is 20.7. The minimum atomic E-state index is 0.280. The van der Waals surface area contributed by atoms with Crippen LogP contribution >= 0.6 is 0 Å². The van der Waals surface area contributed by atoms with Gasteiger partial charge in [-0.3, -0.25) is 4.79 Å². The van der Waals surface area contributed by atoms with E-state index in [0.29, 0.717) is 36.4 Å². The summed E-state index contributed by atoms with van der Waals surface area (Å²) in [5.74, 6) is 2.13. The van der Waals surface area contributed by atoms with Crippen LogP contribution in [0.3, 0.4) is 0 Å². The molecule has 0 amide bonds. The second kappa shape index (κ2) is 7.46. The van der Waals surface area contributed by atoms with Crippen molar-refractivity contribution in [2.24, 2.45) is 5.92 Å². The van der Waals surface area contributed by atoms with Crippen LogP contribution in [0.5, 0.6) is 11.5 Å². The van der Waals surface area contributed by atoms with Crippen LogP contribution in [0.2, 0.25) is 0 Å². The molecule has 0 unspecified atom stereocenters. The third-order valence-corrected chi connectivity index (χ3v) is 3.96. The molecule has 1 aliphatic rings. The SMILES string of the molecule is CCOC1CC(CC(=O)Cc2ccc(OC)c(OC)c2)C1. The van der Waals surface area contributed by atoms with E-state index in [9.17, 15) is 4.79 Å². The van der Waals surface area contributed by atoms with Gasteiger partial charge in [0.15, 0.2) is 11.5 Å². The van der Waals surface area contributed by atoms with E-state index in [1.54, 1.807) is 14.2 Å². The molecule has 1 aromatic carbocycles. The summed E-state index contributed by atoms with van der Waals surface area (Å²) in [6.07, 6.45) is 3.51. The summed E-state index contributed by atoms with van der Waals surface area (Å²) in [5, 5.41) is 0. The zero-order valence-electron chi connectivity index (χ0n) is 13.1. The summed E-state index contributed by atoms with van der Waals surface area (Å²) in [6, 6.07) is 5.64. The van der Waals surface area contributed by atoms with Gasteiger partial charge in [0, 0.05) is 19.4 Å². The number of Topliss-reactive ketones (excluding diaryl/α,β-unsaturated/α-hetero) is 1. The summed E-state index contributed by atoms with van der Waals surface area (Å²) in [7, 11) is 3.21. The Balaban J connectivity index is 1.83. The summed E-state index contributed by atoms with van der Waals surface area (Å²) >= 11 is 0. The zero-order valence-corrected chi connectivity index (χ0v) is 13.1. The Bertz CT molecular complexity index is 478. The summed E-state index contributed by atoms with van der Waals surface area (Å²) in [4.78, 5) is 12.1. The maximum Gasteiger partial charge on any atom is 0.161 e. The molecular weight excluding hydrogens is 268 g/mol. The molecule has 0 N–H and O–H groups in total. The Kier molecular flexibility index (Phi) is 5.62. The zero-order chi connectivity index (χ0) is 15.2. The fourth-order valence-electron chi connectivity index (χ4n) is 2.83. The number of methoxy groups -OCH3 is 2. The first-order valence-electron chi connectivity index (χ1n) is 7.50. The summed E-state index contributed by atoms with van der Waals surface area (Å²) in [5.41, 5.74) is 0.971. The van der Waals surface area contributed by atoms with Crippen molar-refractivity contribution in [3.05, 3.63) is 23.8 Å². The number of benzene rings is 1. The van der Waals surface area contributed by atoms with Crippen molar-refractivity contribution in [2.45, 2.75) is 38.7 Å². The van der Waals surface area contributed by atoms with Crippen LogP contribution in [0.25, 0.3) is 0 Å². The van der Waals surface area contributed by atoms with Crippen molar-refractivity contribution in [1.29, 1.82) is 0 Å². The van der Waals surface area contributed by atoms with E-state index in [1.807, 2.05) is 25.1 Å². The smallest absolute Gasteiger partial charge is 0.161 e. The molecule has 0 saturated heterocycles. The monoisotopic (exact) mass is 292 g/mol. The molecule has 21 heavy (non-hydrogen) atoms. The Hall–Kier alpha value is -1.55. The van der Waals surface area contributed by atoms with Gasteiger partial charge in [0.2, 0.25) is 0 Å². The van der Waals surface area contributed by atoms with Crippen molar-refractivity contribution in [3.63, 3.8) is 0 Å². The molecule has 0 bridgehead atoms. The third kappa shape index (κ3) is 4.21. The molecule has 2 rings (SSSR count). The molecule has 1 saturated carbocycles. The van der Waals surface area contributed by atoms with Crippen LogP contribution in [-0.2, 0) is 16.0 Å². The van der Waals surface area contributed by atoms with Crippen molar-refractivity contribution in [1.82, 2.24) is 0 Å². The number of carbonyl (C=O) groups excluding carboxylic acids is 1. The lowest BCUT2D eigenvalue weighted by Gasteiger charge is -2.34. The molecular formula is C17H24O4. The van der Waals surface area contributed by atoms with Gasteiger partial charge in [-0.1, -0.05) is 6.07 Å². The lowest BCUT2D eigenvalue weighted by atomic mass is 9.78. The number of rotatable bonds is 8. The average molecular weight is 292 g/mol. The Morgan fingerprint density at radius 1 is 1.19 bits per heavy atom. The second-order valence-electron chi connectivity index (χ2n) is 5.52. The van der Waals surface area contributed by atoms with Crippen LogP contribution in [0.1, 0.15) is 31.7 Å². The number of ether oxygens (including phenoxy) is 3. The van der Waals surface area contributed by atoms with Gasteiger partial charge >= 0.3 is 0 Å². The first-order chi connectivity index (χ1) is 10.2. The predicted octanol–water partition coefficient (Wildman–Crippen LogP) is 3.02. The molecule has 0 aromatic heterocycles. The van der Waals surface area contributed by atoms with Gasteiger partial charge in [0.25, 0.3) is 0 Å². The standard InChI is InChI=1S/C17H24O4/c1-4-21-15-9-13(10-15)8-14(18)7-12-5-6-16(19-2)17(11-12)20-3/h5-6,11,13,15H,4,7-10H2,1-3H3. The van der Waals surface area contributed by atoms with E-state index in [0.717, 1.165) is 25.0 Å². The summed E-state index contributed by atoms with van der Waals surface area (Å²) in [6.45, 7) is 2.77. The summed E-state index contributed by atoms with van der Waals surface area (Å²) < 4.78 is 16.0. The number of hydrogen-bond donors (Lipinski definition) is 0. The molecule has 1 fully saturated rings. The third-order valence-electron chi connectivity index (χ3n) is 3.96. The molecule has 0 spiro atoms. The maximum atomic E-state index is 12.1. The average Bonchev–Trinajstić information content (AvgIpc) is 2.45. The molecule has 116 valence electrons. The minimum absolute atomic E-state index is 0.280. The Labute approximate surface area is 126 Å². The highest BCUT2D eigenvalue weighted by Crippen LogP contribution is 2.33. The molecule has 1 aliphatic carbocycles. The van der Waals surface area contributed by atoms with E-state index in [4.69, 9.17) is 14.2 Å². The quantitative estimate of drug-likeness (QED) is 0.739. The van der Waals surface area contributed by atoms with Crippen LogP contribution in [0, 0.1) is 5.92 Å². The van der Waals surface area contributed by atoms with Gasteiger partial charge in [-0.15, -0.1) is 0 Å². The van der Waals surface area contributed by atoms with Gasteiger partial charge in [-0.05, 0) is 43.4 Å². The van der Waals surface area contributed by atoms with Gasteiger partial charge in [-0.25, -0.2) is 0 Å². The molecule has 0 atom stereocenters. The topological polar surface area (TPSA) is 44.8 Å². The largest absolute Gasteiger partial charge is 0.493 e. The predicted molar refractivity (Wildman–Crippen MR) is 81.0 cm³/mol. The van der Waals surface area contributed by atoms with Gasteiger partial charge in [-0.2, -0.15) is 0 Å². The molecule has 0 heterocycles. The highest BCUT2D eigenvalue weighted by atomic mass is 16.5. The van der Waals surface area contributed by atoms with Gasteiger partial charge in [0.1, 0.15) is 5.78 Å². The van der Waals surface area contributed by atoms with E-state index in [1.165, 1.54) is 0 Å². The molecule has 4 nitrogen and oxygen atoms in total. The van der Waals surface area contributed by atoms with Crippen molar-refractivity contribution in [3.8, 4) is 11.5 Å². The fourth-order valence-corrected chi connectivity index (χ4v) is 2.83. The lowest BCUT2D eigenvalue weighted by molar-refractivity contribution is -0.121. The van der Waals surface area contributed by atoms with E-state index in [2.05, 4.69) is 0 Å². The van der Waals surface area contributed by atoms with Crippen LogP contribution in [0.15, 0.2) is 18.2 Å². The number of carbonyl (C=O) groups is 1. The molecule has 0 radical (unpaired) electrons. The lowest BCUT2D eigenvalue weighted by Crippen LogP contribution is -2.33. The molecule has 4 heteroatoms. The van der Waals surface area contributed by atoms with Crippen molar-refractivity contribution >= 4 is 5.78 Å². The van der Waals surface area contributed by atoms with Gasteiger partial charge < -0.3 is 14.2 Å². The van der Waals surface area contributed by atoms with Crippen molar-refractivity contribution in [2.75, 3.05) is 20.8 Å². The van der Waals surface area contributed by atoms with Crippen LogP contribution in [0.4, 0.5) is 0 Å². The number of hydrogen-bond acceptors (Lipinski definition) is 4. The van der Waals surface area contributed by atoms with Gasteiger partial charge in [0.05, 0.1) is 20.3 Å². The van der Waals surface area contributed by atoms with E-state index >= 15 is 0 Å². The van der Waals surface area contributed by atoms with E-state index < -0.39 is 0 Å². The maximum absolute atomic E-state index is 12.1. The highest BCUT2D eigenvalue weighted by molar-refractivity contribution is 5.81. The van der Waals surface area contributed by atoms with E-state index in [-0.39, 0.29) is 5.78 Å². The first-order valence-corrected chi connectivity index (χ1v) is 7.50. The highest BCUT2D eigenvalue weighted by Gasteiger charge is 2.30. The second-order valence-corrected chi connectivity index (χ2v) is 5.52. The molecule has 1 aromatic rings. The minimum Gasteiger partial charge on any atom is -0.493 e.